The summed E-state index contributed by atoms with van der Waals surface area (Å²) in [7, 11) is 0. The van der Waals surface area contributed by atoms with Gasteiger partial charge in [0, 0.05) is 38.0 Å². The Hall–Kier alpha value is -2.80. The molecule has 0 spiro atoms. The average Bonchev–Trinajstić information content (AvgIpc) is 2.79. The molecule has 1 N–H and O–H groups in total. The van der Waals surface area contributed by atoms with Crippen LogP contribution in [0.4, 0.5) is 5.82 Å². The van der Waals surface area contributed by atoms with Gasteiger partial charge in [0.2, 0.25) is 0 Å². The first kappa shape index (κ1) is 21.4. The number of anilines is 1. The lowest BCUT2D eigenvalue weighted by Gasteiger charge is -2.31. The summed E-state index contributed by atoms with van der Waals surface area (Å²) >= 11 is 0. The number of ketones is 1. The Morgan fingerprint density at radius 2 is 1.87 bits per heavy atom. The van der Waals surface area contributed by atoms with Crippen LogP contribution < -0.4 is 5.32 Å². The summed E-state index contributed by atoms with van der Waals surface area (Å²) in [5.41, 5.74) is 3.60. The number of aryl methyl sites for hydroxylation is 1. The Bertz CT molecular complexity index is 934. The zero-order valence-electron chi connectivity index (χ0n) is 18.3. The van der Waals surface area contributed by atoms with Crippen molar-refractivity contribution in [3.63, 3.8) is 0 Å². The van der Waals surface area contributed by atoms with Crippen molar-refractivity contribution >= 4 is 17.5 Å². The summed E-state index contributed by atoms with van der Waals surface area (Å²) in [6, 6.07) is 8.55. The van der Waals surface area contributed by atoms with E-state index in [1.165, 1.54) is 17.5 Å². The van der Waals surface area contributed by atoms with Crippen LogP contribution in [0.5, 0.6) is 0 Å². The van der Waals surface area contributed by atoms with E-state index < -0.39 is 0 Å². The van der Waals surface area contributed by atoms with Crippen LogP contribution in [-0.4, -0.2) is 52.3 Å². The molecule has 1 aromatic heterocycles. The van der Waals surface area contributed by atoms with Crippen LogP contribution in [0.3, 0.4) is 0 Å². The van der Waals surface area contributed by atoms with Crippen LogP contribution >= 0.6 is 0 Å². The summed E-state index contributed by atoms with van der Waals surface area (Å²) in [6.07, 6.45) is 5.60. The molecule has 3 heterocycles. The van der Waals surface area contributed by atoms with E-state index in [-0.39, 0.29) is 23.9 Å². The van der Waals surface area contributed by atoms with Gasteiger partial charge < -0.3 is 15.0 Å². The topological polar surface area (TPSA) is 84.4 Å². The molecule has 0 aliphatic carbocycles. The SMILES string of the molecule is Cc1ccc([C@@H]2CCC[C@H](CNc3ncnc(C(=O)N4CCC(=O)CC4)c3C)O2)cc1. The van der Waals surface area contributed by atoms with Gasteiger partial charge in [-0.05, 0) is 38.7 Å². The minimum Gasteiger partial charge on any atom is -0.368 e. The Labute approximate surface area is 183 Å². The highest BCUT2D eigenvalue weighted by Gasteiger charge is 2.26. The normalized spacial score (nSPS) is 21.7. The fourth-order valence-electron chi connectivity index (χ4n) is 4.24. The number of piperidine rings is 1. The predicted molar refractivity (Wildman–Crippen MR) is 118 cm³/mol. The number of rotatable bonds is 5. The minimum absolute atomic E-state index is 0.0849. The molecule has 0 saturated carbocycles. The first-order valence-corrected chi connectivity index (χ1v) is 11.1. The van der Waals surface area contributed by atoms with Gasteiger partial charge in [0.15, 0.2) is 0 Å². The Morgan fingerprint density at radius 1 is 1.13 bits per heavy atom. The van der Waals surface area contributed by atoms with E-state index >= 15 is 0 Å². The molecule has 2 atom stereocenters. The second-order valence-corrected chi connectivity index (χ2v) is 8.50. The monoisotopic (exact) mass is 422 g/mol. The summed E-state index contributed by atoms with van der Waals surface area (Å²) < 4.78 is 6.34. The van der Waals surface area contributed by atoms with Gasteiger partial charge >= 0.3 is 0 Å². The third-order valence-corrected chi connectivity index (χ3v) is 6.19. The Kier molecular flexibility index (Phi) is 6.61. The van der Waals surface area contributed by atoms with Crippen LogP contribution in [-0.2, 0) is 9.53 Å². The maximum absolute atomic E-state index is 12.9. The molecule has 2 saturated heterocycles. The number of benzene rings is 1. The molecule has 2 fully saturated rings. The van der Waals surface area contributed by atoms with Crippen molar-refractivity contribution in [3.05, 3.63) is 53.0 Å². The fraction of sp³-hybridized carbons (Fsp3) is 0.500. The molecular formula is C24H30N4O3. The second kappa shape index (κ2) is 9.56. The Balaban J connectivity index is 1.38. The van der Waals surface area contributed by atoms with Crippen LogP contribution in [0.15, 0.2) is 30.6 Å². The fourth-order valence-corrected chi connectivity index (χ4v) is 4.24. The van der Waals surface area contributed by atoms with Crippen molar-refractivity contribution in [3.8, 4) is 0 Å². The highest BCUT2D eigenvalue weighted by molar-refractivity contribution is 5.95. The van der Waals surface area contributed by atoms with Gasteiger partial charge in [0.25, 0.3) is 5.91 Å². The molecule has 2 aromatic rings. The molecule has 7 nitrogen and oxygen atoms in total. The lowest BCUT2D eigenvalue weighted by molar-refractivity contribution is -0.120. The summed E-state index contributed by atoms with van der Waals surface area (Å²) in [5.74, 6) is 0.735. The van der Waals surface area contributed by atoms with Crippen molar-refractivity contribution in [1.29, 1.82) is 0 Å². The minimum atomic E-state index is -0.135. The van der Waals surface area contributed by atoms with Crippen LogP contribution in [0, 0.1) is 13.8 Å². The molecule has 164 valence electrons. The van der Waals surface area contributed by atoms with Gasteiger partial charge in [-0.25, -0.2) is 9.97 Å². The smallest absolute Gasteiger partial charge is 0.272 e. The number of carbonyl (C=O) groups is 2. The van der Waals surface area contributed by atoms with E-state index in [0.717, 1.165) is 24.8 Å². The number of hydrogen-bond donors (Lipinski definition) is 1. The largest absolute Gasteiger partial charge is 0.368 e. The summed E-state index contributed by atoms with van der Waals surface area (Å²) in [4.78, 5) is 34.6. The number of ether oxygens (including phenoxy) is 1. The quantitative estimate of drug-likeness (QED) is 0.792. The number of aromatic nitrogens is 2. The van der Waals surface area contributed by atoms with E-state index in [0.29, 0.717) is 44.0 Å². The van der Waals surface area contributed by atoms with Crippen molar-refractivity contribution in [2.45, 2.75) is 58.2 Å². The van der Waals surface area contributed by atoms with E-state index in [9.17, 15) is 9.59 Å². The van der Waals surface area contributed by atoms with Gasteiger partial charge in [0.1, 0.15) is 23.6 Å². The average molecular weight is 423 g/mol. The molecule has 4 rings (SSSR count). The standard InChI is InChI=1S/C24H30N4O3/c1-16-6-8-18(9-7-16)21-5-3-4-20(31-21)14-25-23-17(2)22(26-15-27-23)24(30)28-12-10-19(29)11-13-28/h6-9,15,20-21H,3-5,10-14H2,1-2H3,(H,25,26,27)/t20-,21+/m1/s1. The lowest BCUT2D eigenvalue weighted by Crippen LogP contribution is -2.39. The second-order valence-electron chi connectivity index (χ2n) is 8.50. The number of hydrogen-bond acceptors (Lipinski definition) is 6. The molecule has 0 bridgehead atoms. The van der Waals surface area contributed by atoms with Crippen molar-refractivity contribution in [2.24, 2.45) is 0 Å². The maximum Gasteiger partial charge on any atom is 0.272 e. The predicted octanol–water partition coefficient (Wildman–Crippen LogP) is 3.62. The van der Waals surface area contributed by atoms with Crippen molar-refractivity contribution in [1.82, 2.24) is 14.9 Å². The van der Waals surface area contributed by atoms with Gasteiger partial charge in [-0.15, -0.1) is 0 Å². The van der Waals surface area contributed by atoms with Crippen LogP contribution in [0.25, 0.3) is 0 Å². The summed E-state index contributed by atoms with van der Waals surface area (Å²) in [6.45, 7) is 5.50. The molecule has 1 aromatic carbocycles. The van der Waals surface area contributed by atoms with Gasteiger partial charge in [-0.1, -0.05) is 29.8 Å². The zero-order chi connectivity index (χ0) is 21.8. The van der Waals surface area contributed by atoms with E-state index in [4.69, 9.17) is 4.74 Å². The number of amides is 1. The highest BCUT2D eigenvalue weighted by Crippen LogP contribution is 2.31. The van der Waals surface area contributed by atoms with Crippen molar-refractivity contribution in [2.75, 3.05) is 25.0 Å². The number of likely N-dealkylation sites (tertiary alicyclic amines) is 1. The number of Topliss-reactive ketones (excluding diaryl/α,β-unsaturated/α-hetero) is 1. The molecular weight excluding hydrogens is 392 g/mol. The van der Waals surface area contributed by atoms with Gasteiger partial charge in [-0.3, -0.25) is 9.59 Å². The van der Waals surface area contributed by atoms with Crippen LogP contribution in [0.1, 0.15) is 65.4 Å². The lowest BCUT2D eigenvalue weighted by atomic mass is 9.97. The van der Waals surface area contributed by atoms with Gasteiger partial charge in [0.05, 0.1) is 12.2 Å². The maximum atomic E-state index is 12.9. The molecule has 0 unspecified atom stereocenters. The van der Waals surface area contributed by atoms with E-state index in [1.807, 2.05) is 6.92 Å². The molecule has 1 amide bonds. The van der Waals surface area contributed by atoms with E-state index in [1.54, 1.807) is 4.90 Å². The Morgan fingerprint density at radius 3 is 2.61 bits per heavy atom. The van der Waals surface area contributed by atoms with E-state index in [2.05, 4.69) is 46.5 Å². The highest BCUT2D eigenvalue weighted by atomic mass is 16.5. The number of nitrogens with one attached hydrogen (secondary N) is 1. The zero-order valence-corrected chi connectivity index (χ0v) is 18.3. The van der Waals surface area contributed by atoms with Crippen LogP contribution in [0.2, 0.25) is 0 Å². The molecule has 2 aliphatic heterocycles. The summed E-state index contributed by atoms with van der Waals surface area (Å²) in [5, 5.41) is 3.37. The number of carbonyl (C=O) groups excluding carboxylic acids is 2. The third kappa shape index (κ3) is 5.10. The molecule has 31 heavy (non-hydrogen) atoms. The van der Waals surface area contributed by atoms with Crippen molar-refractivity contribution < 1.29 is 14.3 Å². The molecule has 7 heteroatoms. The van der Waals surface area contributed by atoms with Gasteiger partial charge in [-0.2, -0.15) is 0 Å². The first-order valence-electron chi connectivity index (χ1n) is 11.1. The molecule has 0 radical (unpaired) electrons. The third-order valence-electron chi connectivity index (χ3n) is 6.19. The number of nitrogens with zero attached hydrogens (tertiary/aromatic N) is 3. The first-order chi connectivity index (χ1) is 15.0. The molecule has 2 aliphatic rings.